The van der Waals surface area contributed by atoms with E-state index in [1.165, 1.54) is 0 Å². The van der Waals surface area contributed by atoms with E-state index in [4.69, 9.17) is 38.3 Å². The van der Waals surface area contributed by atoms with Crippen molar-refractivity contribution >= 4 is 17.5 Å². The number of hydrogen-bond acceptors (Lipinski definition) is 10. The smallest absolute Gasteiger partial charge is 0.343 e. The average molecular weight is 581 g/mol. The number of esters is 1. The standard InChI is InChI=1S/C30H44O11/c1-21-18-22(2)26(23(3)19-21)27-28(33)30(41-29(27)34)6-4-24(5-7-30)40-17-16-38-13-12-36-9-8-35-10-11-37-14-15-39-20-25(31)32/h18-19,24,33H,4-17,20H2,1-3H3,(H,31,32). The largest absolute Gasteiger partial charge is 0.507 e. The number of hydrogen-bond donors (Lipinski definition) is 2. The van der Waals surface area contributed by atoms with Crippen LogP contribution >= 0.6 is 0 Å². The van der Waals surface area contributed by atoms with Crippen LogP contribution in [0.1, 0.15) is 47.9 Å². The molecule has 2 aliphatic rings. The first kappa shape index (κ1) is 33.0. The van der Waals surface area contributed by atoms with Gasteiger partial charge in [-0.2, -0.15) is 0 Å². The Morgan fingerprint density at radius 2 is 1.29 bits per heavy atom. The van der Waals surface area contributed by atoms with E-state index in [0.29, 0.717) is 90.7 Å². The summed E-state index contributed by atoms with van der Waals surface area (Å²) in [6.45, 7) is 9.66. The van der Waals surface area contributed by atoms with Crippen LogP contribution in [0.15, 0.2) is 17.9 Å². The first-order chi connectivity index (χ1) is 19.7. The number of carboxylic acid groups (broad SMARTS) is 1. The highest BCUT2D eigenvalue weighted by Gasteiger charge is 2.51. The first-order valence-electron chi connectivity index (χ1n) is 14.2. The number of aliphatic hydroxyl groups excluding tert-OH is 1. The minimum absolute atomic E-state index is 0.0253. The normalized spacial score (nSPS) is 20.7. The van der Waals surface area contributed by atoms with Crippen LogP contribution in [0.5, 0.6) is 0 Å². The second kappa shape index (κ2) is 16.8. The highest BCUT2D eigenvalue weighted by atomic mass is 16.6. The molecule has 3 rings (SSSR count). The topological polar surface area (TPSA) is 139 Å². The fraction of sp³-hybridized carbons (Fsp3) is 0.667. The molecule has 230 valence electrons. The van der Waals surface area contributed by atoms with Gasteiger partial charge in [-0.05, 0) is 63.1 Å². The van der Waals surface area contributed by atoms with E-state index in [0.717, 1.165) is 22.3 Å². The highest BCUT2D eigenvalue weighted by Crippen LogP contribution is 2.46. The zero-order valence-electron chi connectivity index (χ0n) is 24.4. The molecule has 0 aromatic heterocycles. The Bertz CT molecular complexity index is 1000. The van der Waals surface area contributed by atoms with Gasteiger partial charge in [-0.25, -0.2) is 9.59 Å². The van der Waals surface area contributed by atoms with E-state index >= 15 is 0 Å². The van der Waals surface area contributed by atoms with E-state index in [1.807, 2.05) is 32.9 Å². The van der Waals surface area contributed by atoms with Gasteiger partial charge in [0.2, 0.25) is 0 Å². The lowest BCUT2D eigenvalue weighted by Crippen LogP contribution is -2.39. The van der Waals surface area contributed by atoms with Crippen molar-refractivity contribution in [1.29, 1.82) is 0 Å². The molecular formula is C30H44O11. The molecule has 1 aromatic rings. The summed E-state index contributed by atoms with van der Waals surface area (Å²) >= 11 is 0. The van der Waals surface area contributed by atoms with Crippen LogP contribution in [0.25, 0.3) is 5.57 Å². The number of benzene rings is 1. The van der Waals surface area contributed by atoms with Crippen LogP contribution in [0.4, 0.5) is 0 Å². The molecule has 0 atom stereocenters. The number of aliphatic hydroxyl groups is 1. The third-order valence-electron chi connectivity index (χ3n) is 7.12. The highest BCUT2D eigenvalue weighted by molar-refractivity contribution is 6.20. The maximum absolute atomic E-state index is 12.9. The third-order valence-corrected chi connectivity index (χ3v) is 7.12. The number of ether oxygens (including phenoxy) is 7. The quantitative estimate of drug-likeness (QED) is 0.184. The Hall–Kier alpha value is -2.54. The summed E-state index contributed by atoms with van der Waals surface area (Å²) in [4.78, 5) is 23.1. The van der Waals surface area contributed by atoms with Crippen LogP contribution in [-0.2, 0) is 42.7 Å². The van der Waals surface area contributed by atoms with Crippen LogP contribution in [0.3, 0.4) is 0 Å². The van der Waals surface area contributed by atoms with E-state index in [-0.39, 0.29) is 25.1 Å². The van der Waals surface area contributed by atoms with Crippen molar-refractivity contribution in [2.45, 2.75) is 58.2 Å². The van der Waals surface area contributed by atoms with E-state index < -0.39 is 17.5 Å². The molecule has 41 heavy (non-hydrogen) atoms. The average Bonchev–Trinajstić information content (AvgIpc) is 3.15. The van der Waals surface area contributed by atoms with Gasteiger partial charge < -0.3 is 43.4 Å². The molecule has 1 fully saturated rings. The fourth-order valence-corrected chi connectivity index (χ4v) is 5.27. The number of aliphatic carboxylic acids is 1. The Labute approximate surface area is 241 Å². The minimum Gasteiger partial charge on any atom is -0.507 e. The van der Waals surface area contributed by atoms with Gasteiger partial charge in [-0.15, -0.1) is 0 Å². The van der Waals surface area contributed by atoms with Crippen LogP contribution in [0.2, 0.25) is 0 Å². The summed E-state index contributed by atoms with van der Waals surface area (Å²) in [6.07, 6.45) is 2.43. The minimum atomic E-state index is -1.00. The number of carbonyl (C=O) groups excluding carboxylic acids is 1. The van der Waals surface area contributed by atoms with Gasteiger partial charge in [0.25, 0.3) is 0 Å². The lowest BCUT2D eigenvalue weighted by Gasteiger charge is -2.35. The van der Waals surface area contributed by atoms with Gasteiger partial charge in [0, 0.05) is 0 Å². The lowest BCUT2D eigenvalue weighted by molar-refractivity contribution is -0.152. The second-order valence-electron chi connectivity index (χ2n) is 10.3. The van der Waals surface area contributed by atoms with Gasteiger partial charge in [0.1, 0.15) is 12.2 Å². The Balaban J connectivity index is 1.21. The van der Waals surface area contributed by atoms with Gasteiger partial charge in [-0.1, -0.05) is 17.7 Å². The van der Waals surface area contributed by atoms with Gasteiger partial charge >= 0.3 is 11.9 Å². The number of carbonyl (C=O) groups is 2. The molecule has 11 heteroatoms. The third kappa shape index (κ3) is 10.1. The van der Waals surface area contributed by atoms with Crippen molar-refractivity contribution in [1.82, 2.24) is 0 Å². The zero-order valence-corrected chi connectivity index (χ0v) is 24.4. The Kier molecular flexibility index (Phi) is 13.5. The molecule has 11 nitrogen and oxygen atoms in total. The summed E-state index contributed by atoms with van der Waals surface area (Å²) in [6, 6.07) is 4.03. The molecule has 0 radical (unpaired) electrons. The first-order valence-corrected chi connectivity index (χ1v) is 14.2. The van der Waals surface area contributed by atoms with Crippen molar-refractivity contribution in [3.05, 3.63) is 40.1 Å². The maximum atomic E-state index is 12.9. The molecule has 1 heterocycles. The van der Waals surface area contributed by atoms with Gasteiger partial charge in [0.05, 0.1) is 72.2 Å². The van der Waals surface area contributed by atoms with Crippen LogP contribution in [-0.4, -0.2) is 107 Å². The molecule has 1 aliphatic carbocycles. The maximum Gasteiger partial charge on any atom is 0.343 e. The molecular weight excluding hydrogens is 536 g/mol. The molecule has 2 N–H and O–H groups in total. The SMILES string of the molecule is Cc1cc(C)c(C2=C(O)C3(CCC(OCCOCCOCCOCCOCCOCC(=O)O)CC3)OC2=O)c(C)c1. The Morgan fingerprint density at radius 3 is 1.78 bits per heavy atom. The van der Waals surface area contributed by atoms with E-state index in [9.17, 15) is 14.7 Å². The molecule has 1 aliphatic heterocycles. The molecule has 0 saturated heterocycles. The summed E-state index contributed by atoms with van der Waals surface area (Å²) in [7, 11) is 0. The van der Waals surface area contributed by atoms with E-state index in [1.54, 1.807) is 0 Å². The van der Waals surface area contributed by atoms with Crippen molar-refractivity contribution in [2.75, 3.05) is 72.7 Å². The van der Waals surface area contributed by atoms with Crippen molar-refractivity contribution in [3.63, 3.8) is 0 Å². The van der Waals surface area contributed by atoms with Gasteiger partial charge in [0.15, 0.2) is 11.4 Å². The number of carboxylic acids is 1. The van der Waals surface area contributed by atoms with Crippen LogP contribution in [0, 0.1) is 20.8 Å². The second-order valence-corrected chi connectivity index (χ2v) is 10.3. The summed E-state index contributed by atoms with van der Waals surface area (Å²) in [5.41, 5.74) is 3.13. The molecule has 0 bridgehead atoms. The van der Waals surface area contributed by atoms with Crippen LogP contribution < -0.4 is 0 Å². The molecule has 0 unspecified atom stereocenters. The van der Waals surface area contributed by atoms with Crippen molar-refractivity contribution in [2.24, 2.45) is 0 Å². The fourth-order valence-electron chi connectivity index (χ4n) is 5.27. The molecule has 1 aromatic carbocycles. The number of rotatable bonds is 19. The Morgan fingerprint density at radius 1 is 0.829 bits per heavy atom. The van der Waals surface area contributed by atoms with Gasteiger partial charge in [-0.3, -0.25) is 0 Å². The predicted molar refractivity (Wildman–Crippen MR) is 149 cm³/mol. The number of aryl methyl sites for hydroxylation is 3. The molecule has 0 amide bonds. The lowest BCUT2D eigenvalue weighted by atomic mass is 9.80. The predicted octanol–water partition coefficient (Wildman–Crippen LogP) is 3.30. The zero-order chi connectivity index (χ0) is 29.7. The van der Waals surface area contributed by atoms with E-state index in [2.05, 4.69) is 0 Å². The molecule has 1 saturated carbocycles. The van der Waals surface area contributed by atoms with Crippen molar-refractivity contribution in [3.8, 4) is 0 Å². The molecule has 1 spiro atoms. The summed E-state index contributed by atoms with van der Waals surface area (Å²) in [5, 5.41) is 19.6. The van der Waals surface area contributed by atoms with Crippen molar-refractivity contribution < 1.29 is 53.0 Å². The monoisotopic (exact) mass is 580 g/mol. The summed E-state index contributed by atoms with van der Waals surface area (Å²) in [5.74, 6) is -1.40. The summed E-state index contributed by atoms with van der Waals surface area (Å²) < 4.78 is 38.3.